The molecule has 2 aromatic rings. The van der Waals surface area contributed by atoms with Gasteiger partial charge in [-0.25, -0.2) is 0 Å². The Kier molecular flexibility index (Phi) is 4.56. The van der Waals surface area contributed by atoms with Crippen LogP contribution in [-0.4, -0.2) is 15.8 Å². The van der Waals surface area contributed by atoms with Gasteiger partial charge < -0.3 is 15.7 Å². The van der Waals surface area contributed by atoms with Gasteiger partial charge in [0, 0.05) is 29.8 Å². The molecule has 30 heavy (non-hydrogen) atoms. The van der Waals surface area contributed by atoms with Crippen molar-refractivity contribution < 1.29 is 14.8 Å². The van der Waals surface area contributed by atoms with Crippen molar-refractivity contribution in [2.75, 3.05) is 10.6 Å². The Balaban J connectivity index is 1.94. The van der Waals surface area contributed by atoms with Crippen molar-refractivity contribution in [3.63, 3.8) is 0 Å². The maximum atomic E-state index is 13.3. The molecule has 0 fully saturated rings. The van der Waals surface area contributed by atoms with Crippen LogP contribution in [0, 0.1) is 35.3 Å². The molecule has 0 aromatic heterocycles. The molecule has 0 unspecified atom stereocenters. The number of anilines is 2. The molecule has 1 aliphatic heterocycles. The highest BCUT2D eigenvalue weighted by molar-refractivity contribution is 5.90. The van der Waals surface area contributed by atoms with E-state index in [0.29, 0.717) is 12.0 Å². The minimum atomic E-state index is -0.643. The molecule has 7 heteroatoms. The van der Waals surface area contributed by atoms with Crippen molar-refractivity contribution in [2.24, 2.45) is 11.3 Å². The molecule has 7 nitrogen and oxygen atoms in total. The standard InChI is InChI=1S/C23H25N3O4/c1-12-7-16-17(8-13(12)2)25-22(15-9-14(26(29)30)5-6-19(15)27)21-18(24-16)10-23(3,4)11-20(21)28/h5-10,21-22,24-25,27H,11H2,1-4H3/t21-,22-/m1/s1. The highest BCUT2D eigenvalue weighted by Crippen LogP contribution is 2.47. The van der Waals surface area contributed by atoms with E-state index in [1.54, 1.807) is 0 Å². The van der Waals surface area contributed by atoms with Crippen LogP contribution in [0.25, 0.3) is 0 Å². The van der Waals surface area contributed by atoms with Crippen molar-refractivity contribution >= 4 is 22.8 Å². The number of hydrogen-bond donors (Lipinski definition) is 3. The average molecular weight is 407 g/mol. The van der Waals surface area contributed by atoms with E-state index in [4.69, 9.17) is 0 Å². The van der Waals surface area contributed by atoms with Crippen LogP contribution < -0.4 is 10.6 Å². The first-order valence-corrected chi connectivity index (χ1v) is 9.93. The molecule has 0 saturated carbocycles. The zero-order valence-corrected chi connectivity index (χ0v) is 17.4. The quantitative estimate of drug-likeness (QED) is 0.478. The van der Waals surface area contributed by atoms with Crippen LogP contribution in [0.1, 0.15) is 43.0 Å². The molecule has 1 heterocycles. The third-order valence-corrected chi connectivity index (χ3v) is 5.97. The molecular formula is C23H25N3O4. The summed E-state index contributed by atoms with van der Waals surface area (Å²) in [5.41, 5.74) is 4.46. The maximum Gasteiger partial charge on any atom is 0.270 e. The molecule has 0 saturated heterocycles. The number of carbonyl (C=O) groups excluding carboxylic acids is 1. The fraction of sp³-hybridized carbons (Fsp3) is 0.348. The van der Waals surface area contributed by atoms with E-state index in [9.17, 15) is 20.0 Å². The van der Waals surface area contributed by atoms with Crippen molar-refractivity contribution in [2.45, 2.75) is 40.2 Å². The van der Waals surface area contributed by atoms with E-state index in [1.807, 2.05) is 39.8 Å². The Morgan fingerprint density at radius 2 is 1.80 bits per heavy atom. The van der Waals surface area contributed by atoms with Gasteiger partial charge in [0.1, 0.15) is 11.5 Å². The number of phenolic OH excluding ortho intramolecular Hbond substituents is 1. The molecule has 2 atom stereocenters. The van der Waals surface area contributed by atoms with Gasteiger partial charge in [0.2, 0.25) is 0 Å². The lowest BCUT2D eigenvalue weighted by molar-refractivity contribution is -0.385. The Labute approximate surface area is 175 Å². The Morgan fingerprint density at radius 1 is 1.13 bits per heavy atom. The van der Waals surface area contributed by atoms with Crippen molar-refractivity contribution in [3.05, 3.63) is 68.9 Å². The lowest BCUT2D eigenvalue weighted by Gasteiger charge is -2.35. The number of aryl methyl sites for hydroxylation is 2. The molecule has 0 radical (unpaired) electrons. The Morgan fingerprint density at radius 3 is 2.47 bits per heavy atom. The molecular weight excluding hydrogens is 382 g/mol. The summed E-state index contributed by atoms with van der Waals surface area (Å²) in [4.78, 5) is 24.1. The molecule has 156 valence electrons. The molecule has 0 bridgehead atoms. The van der Waals surface area contributed by atoms with Gasteiger partial charge in [-0.15, -0.1) is 0 Å². The summed E-state index contributed by atoms with van der Waals surface area (Å²) < 4.78 is 0. The number of benzene rings is 2. The van der Waals surface area contributed by atoms with Crippen LogP contribution >= 0.6 is 0 Å². The maximum absolute atomic E-state index is 13.3. The van der Waals surface area contributed by atoms with Gasteiger partial charge in [0.05, 0.1) is 28.3 Å². The van der Waals surface area contributed by atoms with E-state index < -0.39 is 16.9 Å². The zero-order chi connectivity index (χ0) is 21.8. The van der Waals surface area contributed by atoms with Crippen LogP contribution in [0.15, 0.2) is 42.1 Å². The summed E-state index contributed by atoms with van der Waals surface area (Å²) >= 11 is 0. The smallest absolute Gasteiger partial charge is 0.270 e. The van der Waals surface area contributed by atoms with Crippen molar-refractivity contribution in [3.8, 4) is 5.75 Å². The summed E-state index contributed by atoms with van der Waals surface area (Å²) in [6, 6.07) is 7.30. The van der Waals surface area contributed by atoms with Gasteiger partial charge in [0.25, 0.3) is 5.69 Å². The number of ketones is 1. The van der Waals surface area contributed by atoms with Gasteiger partial charge in [-0.2, -0.15) is 0 Å². The number of nitrogens with zero attached hydrogens (tertiary/aromatic N) is 1. The van der Waals surface area contributed by atoms with Crippen LogP contribution in [0.3, 0.4) is 0 Å². The van der Waals surface area contributed by atoms with E-state index in [1.165, 1.54) is 18.2 Å². The first kappa shape index (κ1) is 19.9. The number of aromatic hydroxyl groups is 1. The van der Waals surface area contributed by atoms with Gasteiger partial charge in [-0.05, 0) is 48.6 Å². The van der Waals surface area contributed by atoms with Crippen LogP contribution in [0.2, 0.25) is 0 Å². The monoisotopic (exact) mass is 407 g/mol. The van der Waals surface area contributed by atoms with E-state index in [2.05, 4.69) is 16.7 Å². The number of carbonyl (C=O) groups is 1. The Hall–Kier alpha value is -3.35. The van der Waals surface area contributed by atoms with E-state index in [-0.39, 0.29) is 22.6 Å². The summed E-state index contributed by atoms with van der Waals surface area (Å²) in [7, 11) is 0. The SMILES string of the molecule is Cc1cc2c(cc1C)N[C@H](c1cc([N+](=O)[O-])ccc1O)[C@H]1C(=O)CC(C)(C)C=C1N2. The number of fused-ring (bicyclic) bond motifs is 2. The third-order valence-electron chi connectivity index (χ3n) is 5.97. The summed E-state index contributed by atoms with van der Waals surface area (Å²) in [6.45, 7) is 8.04. The predicted octanol–water partition coefficient (Wildman–Crippen LogP) is 5.00. The number of non-ortho nitro benzene ring substituents is 1. The van der Waals surface area contributed by atoms with Crippen molar-refractivity contribution in [1.29, 1.82) is 0 Å². The summed E-state index contributed by atoms with van der Waals surface area (Å²) in [5, 5.41) is 28.7. The van der Waals surface area contributed by atoms with Gasteiger partial charge >= 0.3 is 0 Å². The predicted molar refractivity (Wildman–Crippen MR) is 116 cm³/mol. The number of nitro groups is 1. The van der Waals surface area contributed by atoms with Crippen LogP contribution in [0.4, 0.5) is 17.1 Å². The van der Waals surface area contributed by atoms with Gasteiger partial charge in [-0.3, -0.25) is 14.9 Å². The second-order valence-electron chi connectivity index (χ2n) is 8.94. The second kappa shape index (κ2) is 6.86. The highest BCUT2D eigenvalue weighted by Gasteiger charge is 2.42. The Bertz CT molecular complexity index is 1100. The topological polar surface area (TPSA) is 104 Å². The normalized spacial score (nSPS) is 22.0. The number of nitrogens with one attached hydrogen (secondary N) is 2. The molecule has 0 amide bonds. The number of allylic oxidation sites excluding steroid dienone is 1. The lowest BCUT2D eigenvalue weighted by atomic mass is 9.72. The number of phenols is 1. The minimum absolute atomic E-state index is 0.0228. The minimum Gasteiger partial charge on any atom is -0.508 e. The van der Waals surface area contributed by atoms with Crippen molar-refractivity contribution in [1.82, 2.24) is 0 Å². The largest absolute Gasteiger partial charge is 0.508 e. The molecule has 3 N–H and O–H groups in total. The number of hydrogen-bond acceptors (Lipinski definition) is 6. The van der Waals surface area contributed by atoms with Gasteiger partial charge in [0.15, 0.2) is 0 Å². The average Bonchev–Trinajstić information content (AvgIpc) is 2.78. The fourth-order valence-corrected chi connectivity index (χ4v) is 4.38. The fourth-order valence-electron chi connectivity index (χ4n) is 4.38. The first-order valence-electron chi connectivity index (χ1n) is 9.93. The third kappa shape index (κ3) is 3.40. The van der Waals surface area contributed by atoms with Gasteiger partial charge in [-0.1, -0.05) is 19.9 Å². The summed E-state index contributed by atoms with van der Waals surface area (Å²) in [6.07, 6.45) is 2.41. The van der Waals surface area contributed by atoms with E-state index in [0.717, 1.165) is 28.2 Å². The molecule has 2 aromatic carbocycles. The molecule has 0 spiro atoms. The molecule has 2 aliphatic rings. The highest BCUT2D eigenvalue weighted by atomic mass is 16.6. The molecule has 4 rings (SSSR count). The number of Topliss-reactive ketones (excluding diaryl/α,β-unsaturated/α-hetero) is 1. The van der Waals surface area contributed by atoms with Crippen LogP contribution in [-0.2, 0) is 4.79 Å². The first-order chi connectivity index (χ1) is 14.1. The zero-order valence-electron chi connectivity index (χ0n) is 17.4. The number of nitro benzene ring substituents is 1. The van der Waals surface area contributed by atoms with Crippen LogP contribution in [0.5, 0.6) is 5.75 Å². The second-order valence-corrected chi connectivity index (χ2v) is 8.94. The summed E-state index contributed by atoms with van der Waals surface area (Å²) in [5.74, 6) is -0.657. The molecule has 1 aliphatic carbocycles. The van der Waals surface area contributed by atoms with E-state index >= 15 is 0 Å². The number of rotatable bonds is 2. The lowest BCUT2D eigenvalue weighted by Crippen LogP contribution is -2.36.